The van der Waals surface area contributed by atoms with Crippen molar-refractivity contribution in [1.29, 1.82) is 0 Å². The van der Waals surface area contributed by atoms with E-state index in [2.05, 4.69) is 15.7 Å². The molecule has 5 nitrogen and oxygen atoms in total. The summed E-state index contributed by atoms with van der Waals surface area (Å²) >= 11 is 0. The summed E-state index contributed by atoms with van der Waals surface area (Å²) in [5.74, 6) is -0.527. The lowest BCUT2D eigenvalue weighted by atomic mass is 9.89. The maximum absolute atomic E-state index is 14.5. The van der Waals surface area contributed by atoms with Crippen molar-refractivity contribution in [3.63, 3.8) is 0 Å². The Bertz CT molecular complexity index is 978. The summed E-state index contributed by atoms with van der Waals surface area (Å²) in [4.78, 5) is 13.2. The first-order chi connectivity index (χ1) is 14.1. The van der Waals surface area contributed by atoms with Crippen LogP contribution in [0.15, 0.2) is 67.0 Å². The number of carbonyl (C=O) groups excluding carboxylic acids is 1. The molecule has 0 saturated carbocycles. The fraction of sp³-hybridized carbons (Fsp3) is 0.304. The summed E-state index contributed by atoms with van der Waals surface area (Å²) in [7, 11) is 1.87. The first-order valence-electron chi connectivity index (χ1n) is 9.90. The van der Waals surface area contributed by atoms with Crippen molar-refractivity contribution in [2.24, 2.45) is 13.0 Å². The standard InChI is InChI=1S/C23H25FN4O.ClH/c1-28-15-17(12-26-28)19-13-25-14-20(19)23(29)27-22(11-16-7-3-2-4-8-16)18-9-5-6-10-21(18)24;/h2-10,12,15,19-20,22,25H,11,13-14H2,1H3,(H,27,29);1H/t19-,20+,22?;/m1./s1. The Labute approximate surface area is 182 Å². The van der Waals surface area contributed by atoms with E-state index in [9.17, 15) is 9.18 Å². The maximum atomic E-state index is 14.5. The molecule has 0 radical (unpaired) electrons. The molecule has 1 aliphatic rings. The van der Waals surface area contributed by atoms with Gasteiger partial charge < -0.3 is 10.6 Å². The third-order valence-electron chi connectivity index (χ3n) is 5.58. The number of halogens is 2. The molecule has 3 atom stereocenters. The Morgan fingerprint density at radius 2 is 1.93 bits per heavy atom. The van der Waals surface area contributed by atoms with Crippen LogP contribution in [0.3, 0.4) is 0 Å². The molecule has 0 aliphatic carbocycles. The molecule has 0 spiro atoms. The van der Waals surface area contributed by atoms with Crippen LogP contribution in [0, 0.1) is 11.7 Å². The van der Waals surface area contributed by atoms with Crippen molar-refractivity contribution < 1.29 is 9.18 Å². The predicted molar refractivity (Wildman–Crippen MR) is 117 cm³/mol. The predicted octanol–water partition coefficient (Wildman–Crippen LogP) is 3.38. The molecule has 158 valence electrons. The largest absolute Gasteiger partial charge is 0.349 e. The van der Waals surface area contributed by atoms with E-state index in [4.69, 9.17) is 0 Å². The van der Waals surface area contributed by atoms with Crippen LogP contribution in [-0.2, 0) is 18.3 Å². The van der Waals surface area contributed by atoms with Crippen molar-refractivity contribution in [1.82, 2.24) is 20.4 Å². The van der Waals surface area contributed by atoms with Gasteiger partial charge in [0, 0.05) is 37.8 Å². The van der Waals surface area contributed by atoms with Crippen LogP contribution in [-0.4, -0.2) is 28.8 Å². The SMILES string of the molecule is Cl.Cn1cc([C@H]2CNC[C@@H]2C(=O)NC(Cc2ccccc2)c2ccccc2F)cn1. The molecule has 1 unspecified atom stereocenters. The van der Waals surface area contributed by atoms with Crippen LogP contribution < -0.4 is 10.6 Å². The Kier molecular flexibility index (Phi) is 7.24. The quantitative estimate of drug-likeness (QED) is 0.632. The van der Waals surface area contributed by atoms with Gasteiger partial charge in [-0.25, -0.2) is 4.39 Å². The van der Waals surface area contributed by atoms with Crippen molar-refractivity contribution in [3.8, 4) is 0 Å². The van der Waals surface area contributed by atoms with Crippen LogP contribution in [0.4, 0.5) is 4.39 Å². The topological polar surface area (TPSA) is 59.0 Å². The zero-order chi connectivity index (χ0) is 20.2. The first kappa shape index (κ1) is 22.0. The third kappa shape index (κ3) is 4.89. The molecule has 1 fully saturated rings. The van der Waals surface area contributed by atoms with E-state index in [1.807, 2.05) is 49.8 Å². The Morgan fingerprint density at radius 1 is 1.20 bits per heavy atom. The van der Waals surface area contributed by atoms with Gasteiger partial charge in [-0.3, -0.25) is 9.48 Å². The van der Waals surface area contributed by atoms with Crippen molar-refractivity contribution in [3.05, 3.63) is 89.5 Å². The van der Waals surface area contributed by atoms with E-state index in [-0.39, 0.29) is 36.0 Å². The summed E-state index contributed by atoms with van der Waals surface area (Å²) in [6.07, 6.45) is 4.30. The van der Waals surface area contributed by atoms with Crippen LogP contribution in [0.1, 0.15) is 28.7 Å². The third-order valence-corrected chi connectivity index (χ3v) is 5.58. The van der Waals surface area contributed by atoms with Crippen LogP contribution in [0.2, 0.25) is 0 Å². The second-order valence-electron chi connectivity index (χ2n) is 7.59. The van der Waals surface area contributed by atoms with Gasteiger partial charge in [-0.05, 0) is 23.6 Å². The average molecular weight is 429 g/mol. The average Bonchev–Trinajstić information content (AvgIpc) is 3.37. The summed E-state index contributed by atoms with van der Waals surface area (Å²) in [5.41, 5.74) is 2.60. The second kappa shape index (κ2) is 9.87. The van der Waals surface area contributed by atoms with E-state index in [1.165, 1.54) is 6.07 Å². The molecule has 1 aromatic heterocycles. The van der Waals surface area contributed by atoms with Gasteiger partial charge in [0.05, 0.1) is 18.2 Å². The molecule has 7 heteroatoms. The van der Waals surface area contributed by atoms with Gasteiger partial charge in [0.15, 0.2) is 0 Å². The molecule has 1 amide bonds. The van der Waals surface area contributed by atoms with Gasteiger partial charge in [-0.15, -0.1) is 12.4 Å². The number of hydrogen-bond acceptors (Lipinski definition) is 3. The molecule has 2 aromatic carbocycles. The highest BCUT2D eigenvalue weighted by atomic mass is 35.5. The molecule has 1 aliphatic heterocycles. The van der Waals surface area contributed by atoms with Gasteiger partial charge in [0.1, 0.15) is 5.82 Å². The zero-order valence-corrected chi connectivity index (χ0v) is 17.6. The number of amides is 1. The first-order valence-corrected chi connectivity index (χ1v) is 9.90. The van der Waals surface area contributed by atoms with Crippen LogP contribution >= 0.6 is 12.4 Å². The van der Waals surface area contributed by atoms with E-state index in [1.54, 1.807) is 22.9 Å². The Morgan fingerprint density at radius 3 is 2.63 bits per heavy atom. The van der Waals surface area contributed by atoms with E-state index in [0.717, 1.165) is 17.7 Å². The monoisotopic (exact) mass is 428 g/mol. The highest BCUT2D eigenvalue weighted by Crippen LogP contribution is 2.29. The minimum Gasteiger partial charge on any atom is -0.349 e. The number of benzene rings is 2. The lowest BCUT2D eigenvalue weighted by Gasteiger charge is -2.24. The van der Waals surface area contributed by atoms with E-state index in [0.29, 0.717) is 18.5 Å². The smallest absolute Gasteiger partial charge is 0.225 e. The highest BCUT2D eigenvalue weighted by molar-refractivity contribution is 5.85. The van der Waals surface area contributed by atoms with Crippen LogP contribution in [0.25, 0.3) is 0 Å². The number of aryl methyl sites for hydroxylation is 1. The number of carbonyl (C=O) groups is 1. The molecular weight excluding hydrogens is 403 g/mol. The molecule has 3 aromatic rings. The van der Waals surface area contributed by atoms with Gasteiger partial charge in [-0.2, -0.15) is 5.10 Å². The van der Waals surface area contributed by atoms with Gasteiger partial charge in [0.25, 0.3) is 0 Å². The Hall–Kier alpha value is -2.70. The molecule has 4 rings (SSSR count). The second-order valence-corrected chi connectivity index (χ2v) is 7.59. The molecular formula is C23H26ClFN4O. The van der Waals surface area contributed by atoms with Gasteiger partial charge in [0.2, 0.25) is 5.91 Å². The zero-order valence-electron chi connectivity index (χ0n) is 16.8. The maximum Gasteiger partial charge on any atom is 0.225 e. The number of nitrogens with one attached hydrogen (secondary N) is 2. The van der Waals surface area contributed by atoms with E-state index >= 15 is 0 Å². The normalized spacial score (nSPS) is 19.1. The van der Waals surface area contributed by atoms with Gasteiger partial charge in [-0.1, -0.05) is 48.5 Å². The van der Waals surface area contributed by atoms with E-state index < -0.39 is 6.04 Å². The fourth-order valence-corrected chi connectivity index (χ4v) is 4.06. The minimum absolute atomic E-state index is 0. The molecule has 30 heavy (non-hydrogen) atoms. The fourth-order valence-electron chi connectivity index (χ4n) is 4.06. The molecule has 2 N–H and O–H groups in total. The summed E-state index contributed by atoms with van der Waals surface area (Å²) in [6.45, 7) is 1.33. The van der Waals surface area contributed by atoms with Crippen LogP contribution in [0.5, 0.6) is 0 Å². The minimum atomic E-state index is -0.429. The molecule has 0 bridgehead atoms. The number of rotatable bonds is 6. The summed E-state index contributed by atoms with van der Waals surface area (Å²) < 4.78 is 16.3. The highest BCUT2D eigenvalue weighted by Gasteiger charge is 2.35. The summed E-state index contributed by atoms with van der Waals surface area (Å²) in [5, 5.41) is 10.7. The lowest BCUT2D eigenvalue weighted by Crippen LogP contribution is -2.38. The number of hydrogen-bond donors (Lipinski definition) is 2. The number of nitrogens with zero attached hydrogens (tertiary/aromatic N) is 2. The van der Waals surface area contributed by atoms with Gasteiger partial charge >= 0.3 is 0 Å². The van der Waals surface area contributed by atoms with Crippen molar-refractivity contribution >= 4 is 18.3 Å². The summed E-state index contributed by atoms with van der Waals surface area (Å²) in [6, 6.07) is 16.1. The van der Waals surface area contributed by atoms with Crippen molar-refractivity contribution in [2.45, 2.75) is 18.4 Å². The molecule has 2 heterocycles. The molecule has 1 saturated heterocycles. The lowest BCUT2D eigenvalue weighted by molar-refractivity contribution is -0.125. The number of aromatic nitrogens is 2. The Balaban J connectivity index is 0.00000256. The van der Waals surface area contributed by atoms with Crippen molar-refractivity contribution in [2.75, 3.05) is 13.1 Å².